The molecule has 0 aliphatic heterocycles. The molecule has 0 bridgehead atoms. The van der Waals surface area contributed by atoms with E-state index in [1.807, 2.05) is 30.3 Å². The molecule has 3 nitrogen and oxygen atoms in total. The van der Waals surface area contributed by atoms with Crippen molar-refractivity contribution >= 4 is 0 Å². The van der Waals surface area contributed by atoms with E-state index in [1.165, 1.54) is 24.4 Å². The van der Waals surface area contributed by atoms with Gasteiger partial charge in [-0.05, 0) is 29.8 Å². The largest absolute Gasteiger partial charge is 0.573 e. The highest BCUT2D eigenvalue weighted by atomic mass is 19.4. The molecule has 0 radical (unpaired) electrons. The molecule has 3 rings (SSSR count). The Balaban J connectivity index is 1.79. The highest BCUT2D eigenvalue weighted by Crippen LogP contribution is 2.31. The molecule has 6 heteroatoms. The van der Waals surface area contributed by atoms with Crippen LogP contribution >= 0.6 is 0 Å². The van der Waals surface area contributed by atoms with Crippen molar-refractivity contribution in [2.75, 3.05) is 0 Å². The number of alkyl halides is 3. The Kier molecular flexibility index (Phi) is 5.32. The number of hydrogen-bond donors (Lipinski definition) is 0. The Hall–Kier alpha value is -3.46. The average Bonchev–Trinajstić information content (AvgIpc) is 2.66. The second kappa shape index (κ2) is 7.83. The number of aromatic nitrogens is 1. The minimum absolute atomic E-state index is 0.346. The monoisotopic (exact) mass is 369 g/mol. The van der Waals surface area contributed by atoms with Gasteiger partial charge in [0.1, 0.15) is 12.4 Å². The van der Waals surface area contributed by atoms with Gasteiger partial charge in [-0.25, -0.2) is 4.98 Å². The average molecular weight is 369 g/mol. The van der Waals surface area contributed by atoms with Crippen LogP contribution in [0.15, 0.2) is 66.9 Å². The lowest BCUT2D eigenvalue weighted by Crippen LogP contribution is -2.17. The molecule has 0 aliphatic carbocycles. The standard InChI is InChI=1S/C21H14F3NO2/c1-2-16-8-10-18(27-21(22,23)24)12-19(16)17-9-11-20(25-13-17)26-14-15-6-4-3-5-7-15/h1,3-13H,14H2. The number of benzene rings is 2. The molecule has 0 atom stereocenters. The van der Waals surface area contributed by atoms with Crippen molar-refractivity contribution in [3.8, 4) is 35.1 Å². The zero-order valence-corrected chi connectivity index (χ0v) is 14.0. The van der Waals surface area contributed by atoms with Gasteiger partial charge >= 0.3 is 6.36 Å². The first-order valence-corrected chi connectivity index (χ1v) is 7.94. The maximum Gasteiger partial charge on any atom is 0.573 e. The molecule has 3 aromatic rings. The van der Waals surface area contributed by atoms with Crippen molar-refractivity contribution in [3.05, 3.63) is 78.0 Å². The van der Waals surface area contributed by atoms with E-state index in [4.69, 9.17) is 11.2 Å². The van der Waals surface area contributed by atoms with Gasteiger partial charge in [-0.1, -0.05) is 36.3 Å². The number of pyridine rings is 1. The van der Waals surface area contributed by atoms with Crippen molar-refractivity contribution in [2.45, 2.75) is 13.0 Å². The van der Waals surface area contributed by atoms with E-state index in [0.29, 0.717) is 29.2 Å². The third-order valence-electron chi connectivity index (χ3n) is 3.66. The van der Waals surface area contributed by atoms with Gasteiger partial charge in [0.25, 0.3) is 0 Å². The second-order valence-electron chi connectivity index (χ2n) is 5.56. The molecule has 0 saturated heterocycles. The van der Waals surface area contributed by atoms with E-state index in [1.54, 1.807) is 12.1 Å². The zero-order valence-electron chi connectivity index (χ0n) is 14.0. The molecule has 1 aromatic heterocycles. The number of rotatable bonds is 5. The van der Waals surface area contributed by atoms with Crippen molar-refractivity contribution in [2.24, 2.45) is 0 Å². The lowest BCUT2D eigenvalue weighted by atomic mass is 10.0. The van der Waals surface area contributed by atoms with Crippen LogP contribution in [0.1, 0.15) is 11.1 Å². The summed E-state index contributed by atoms with van der Waals surface area (Å²) in [7, 11) is 0. The van der Waals surface area contributed by atoms with Gasteiger partial charge < -0.3 is 9.47 Å². The second-order valence-corrected chi connectivity index (χ2v) is 5.56. The van der Waals surface area contributed by atoms with Crippen LogP contribution < -0.4 is 9.47 Å². The molecule has 0 aliphatic rings. The van der Waals surface area contributed by atoms with Gasteiger partial charge in [0.05, 0.1) is 0 Å². The molecule has 0 amide bonds. The number of hydrogen-bond acceptors (Lipinski definition) is 3. The van der Waals surface area contributed by atoms with E-state index in [2.05, 4.69) is 15.6 Å². The third-order valence-corrected chi connectivity index (χ3v) is 3.66. The lowest BCUT2D eigenvalue weighted by Gasteiger charge is -2.12. The number of ether oxygens (including phenoxy) is 2. The number of terminal acetylenes is 1. The first kappa shape index (κ1) is 18.3. The summed E-state index contributed by atoms with van der Waals surface area (Å²) in [6.45, 7) is 0.359. The Labute approximate surface area is 154 Å². The minimum Gasteiger partial charge on any atom is -0.473 e. The van der Waals surface area contributed by atoms with E-state index in [0.717, 1.165) is 5.56 Å². The fourth-order valence-electron chi connectivity index (χ4n) is 2.44. The molecule has 0 spiro atoms. The summed E-state index contributed by atoms with van der Waals surface area (Å²) in [5.74, 6) is 2.50. The molecular formula is C21H14F3NO2. The lowest BCUT2D eigenvalue weighted by molar-refractivity contribution is -0.274. The van der Waals surface area contributed by atoms with E-state index in [9.17, 15) is 13.2 Å². The topological polar surface area (TPSA) is 31.4 Å². The molecule has 136 valence electrons. The quantitative estimate of drug-likeness (QED) is 0.579. The summed E-state index contributed by atoms with van der Waals surface area (Å²) >= 11 is 0. The Morgan fingerprint density at radius 3 is 2.41 bits per heavy atom. The SMILES string of the molecule is C#Cc1ccc(OC(F)(F)F)cc1-c1ccc(OCc2ccccc2)nc1. The van der Waals surface area contributed by atoms with Crippen molar-refractivity contribution in [1.29, 1.82) is 0 Å². The highest BCUT2D eigenvalue weighted by molar-refractivity contribution is 5.72. The fourth-order valence-corrected chi connectivity index (χ4v) is 2.44. The normalized spacial score (nSPS) is 10.9. The van der Waals surface area contributed by atoms with Gasteiger partial charge in [-0.3, -0.25) is 0 Å². The van der Waals surface area contributed by atoms with E-state index >= 15 is 0 Å². The van der Waals surface area contributed by atoms with Gasteiger partial charge in [-0.15, -0.1) is 19.6 Å². The summed E-state index contributed by atoms with van der Waals surface area (Å²) in [4.78, 5) is 4.20. The highest BCUT2D eigenvalue weighted by Gasteiger charge is 2.31. The molecule has 0 saturated carbocycles. The summed E-state index contributed by atoms with van der Waals surface area (Å²) < 4.78 is 46.9. The van der Waals surface area contributed by atoms with Gasteiger partial charge in [0.15, 0.2) is 0 Å². The molecule has 0 unspecified atom stereocenters. The van der Waals surface area contributed by atoms with Crippen molar-refractivity contribution in [1.82, 2.24) is 4.98 Å². The first-order valence-electron chi connectivity index (χ1n) is 7.94. The predicted octanol–water partition coefficient (Wildman–Crippen LogP) is 5.21. The van der Waals surface area contributed by atoms with E-state index in [-0.39, 0.29) is 5.75 Å². The smallest absolute Gasteiger partial charge is 0.473 e. The predicted molar refractivity (Wildman–Crippen MR) is 95.1 cm³/mol. The summed E-state index contributed by atoms with van der Waals surface area (Å²) in [6.07, 6.45) is 2.17. The van der Waals surface area contributed by atoms with Crippen LogP contribution in [-0.4, -0.2) is 11.3 Å². The zero-order chi connectivity index (χ0) is 19.3. The molecule has 27 heavy (non-hydrogen) atoms. The Morgan fingerprint density at radius 1 is 1.00 bits per heavy atom. The maximum absolute atomic E-state index is 12.4. The summed E-state index contributed by atoms with van der Waals surface area (Å²) in [5.41, 5.74) is 2.41. The molecule has 0 fully saturated rings. The van der Waals surface area contributed by atoms with Crippen LogP contribution in [0.5, 0.6) is 11.6 Å². The minimum atomic E-state index is -4.78. The molecule has 2 aromatic carbocycles. The van der Waals surface area contributed by atoms with Crippen LogP contribution in [0.2, 0.25) is 0 Å². The van der Waals surface area contributed by atoms with Crippen molar-refractivity contribution < 1.29 is 22.6 Å². The van der Waals surface area contributed by atoms with Crippen LogP contribution in [0.25, 0.3) is 11.1 Å². The first-order chi connectivity index (χ1) is 12.9. The van der Waals surface area contributed by atoms with Crippen molar-refractivity contribution in [3.63, 3.8) is 0 Å². The molecular weight excluding hydrogens is 355 g/mol. The van der Waals surface area contributed by atoms with Crippen LogP contribution in [0.3, 0.4) is 0 Å². The van der Waals surface area contributed by atoms with E-state index < -0.39 is 6.36 Å². The van der Waals surface area contributed by atoms with Crippen LogP contribution in [-0.2, 0) is 6.61 Å². The summed E-state index contributed by atoms with van der Waals surface area (Å²) in [5, 5.41) is 0. The Morgan fingerprint density at radius 2 is 1.78 bits per heavy atom. The number of nitrogens with zero attached hydrogens (tertiary/aromatic N) is 1. The summed E-state index contributed by atoms with van der Waals surface area (Å²) in [6, 6.07) is 16.7. The van der Waals surface area contributed by atoms with Crippen LogP contribution in [0.4, 0.5) is 13.2 Å². The maximum atomic E-state index is 12.4. The fraction of sp³-hybridized carbons (Fsp3) is 0.0952. The Bertz CT molecular complexity index is 946. The van der Waals surface area contributed by atoms with Gasteiger partial charge in [0.2, 0.25) is 5.88 Å². The third kappa shape index (κ3) is 5.02. The van der Waals surface area contributed by atoms with Gasteiger partial charge in [-0.2, -0.15) is 0 Å². The molecule has 0 N–H and O–H groups in total. The van der Waals surface area contributed by atoms with Crippen LogP contribution in [0, 0.1) is 12.3 Å². The molecule has 1 heterocycles. The number of halogens is 3. The van der Waals surface area contributed by atoms with Gasteiger partial charge in [0, 0.05) is 29.0 Å².